The van der Waals surface area contributed by atoms with E-state index in [0.717, 1.165) is 60.2 Å². The monoisotopic (exact) mass is 371 g/mol. The molecule has 1 saturated heterocycles. The third-order valence-electron chi connectivity index (χ3n) is 4.52. The van der Waals surface area contributed by atoms with Gasteiger partial charge in [0, 0.05) is 13.2 Å². The number of nitrogens with one attached hydrogen (secondary N) is 2. The number of hydrazone groups is 1. The average Bonchev–Trinajstić information content (AvgIpc) is 3.20. The first-order chi connectivity index (χ1) is 12.7. The molecule has 2 N–H and O–H groups in total. The number of hydrogen-bond acceptors (Lipinski definition) is 4. The van der Waals surface area contributed by atoms with Crippen LogP contribution in [-0.2, 0) is 4.74 Å². The molecule has 1 atom stereocenters. The van der Waals surface area contributed by atoms with E-state index in [1.54, 1.807) is 7.11 Å². The Balaban J connectivity index is 1.65. The molecule has 2 aromatic carbocycles. The van der Waals surface area contributed by atoms with Crippen molar-refractivity contribution in [1.29, 1.82) is 0 Å². The van der Waals surface area contributed by atoms with E-state index in [0.29, 0.717) is 5.11 Å². The summed E-state index contributed by atoms with van der Waals surface area (Å²) in [6, 6.07) is 12.4. The molecular weight excluding hydrogens is 346 g/mol. The minimum absolute atomic E-state index is 0.252. The Morgan fingerprint density at radius 2 is 2.08 bits per heavy atom. The first kappa shape index (κ1) is 18.6. The van der Waals surface area contributed by atoms with E-state index in [1.807, 2.05) is 12.1 Å². The number of thiocarbonyl (C=S) groups is 1. The van der Waals surface area contributed by atoms with Crippen LogP contribution < -0.4 is 15.5 Å². The third kappa shape index (κ3) is 4.71. The number of hydrogen-bond donors (Lipinski definition) is 2. The van der Waals surface area contributed by atoms with Gasteiger partial charge in [0.05, 0.1) is 18.9 Å². The van der Waals surface area contributed by atoms with E-state index in [4.69, 9.17) is 21.7 Å². The fourth-order valence-corrected chi connectivity index (χ4v) is 3.18. The Morgan fingerprint density at radius 3 is 2.81 bits per heavy atom. The molecule has 0 aromatic heterocycles. The lowest BCUT2D eigenvalue weighted by atomic mass is 10.0. The zero-order chi connectivity index (χ0) is 18.4. The van der Waals surface area contributed by atoms with Gasteiger partial charge in [-0.25, -0.2) is 0 Å². The van der Waals surface area contributed by atoms with Gasteiger partial charge >= 0.3 is 0 Å². The molecule has 0 radical (unpaired) electrons. The Hall–Kier alpha value is -2.18. The minimum atomic E-state index is 0.252. The summed E-state index contributed by atoms with van der Waals surface area (Å²) in [5, 5.41) is 10.5. The van der Waals surface area contributed by atoms with Crippen LogP contribution in [0.3, 0.4) is 0 Å². The second kappa shape index (κ2) is 8.96. The van der Waals surface area contributed by atoms with Crippen molar-refractivity contribution in [1.82, 2.24) is 10.7 Å². The minimum Gasteiger partial charge on any atom is -0.497 e. The second-order valence-corrected chi connectivity index (χ2v) is 6.71. The highest BCUT2D eigenvalue weighted by Gasteiger charge is 2.15. The van der Waals surface area contributed by atoms with Crippen molar-refractivity contribution in [3.63, 3.8) is 0 Å². The molecule has 3 rings (SSSR count). The average molecular weight is 372 g/mol. The van der Waals surface area contributed by atoms with Crippen LogP contribution >= 0.6 is 12.2 Å². The van der Waals surface area contributed by atoms with Gasteiger partial charge in [-0.3, -0.25) is 5.43 Å². The molecule has 1 aliphatic heterocycles. The van der Waals surface area contributed by atoms with E-state index in [1.165, 1.54) is 0 Å². The lowest BCUT2D eigenvalue weighted by Crippen LogP contribution is -2.37. The number of methoxy groups -OCH3 is 1. The van der Waals surface area contributed by atoms with Crippen molar-refractivity contribution in [2.45, 2.75) is 32.3 Å². The summed E-state index contributed by atoms with van der Waals surface area (Å²) in [5.41, 5.74) is 5.00. The molecule has 0 amide bonds. The Bertz CT molecular complexity index is 801. The van der Waals surface area contributed by atoms with Crippen molar-refractivity contribution >= 4 is 33.8 Å². The lowest BCUT2D eigenvalue weighted by molar-refractivity contribution is 0.114. The maximum absolute atomic E-state index is 5.58. The van der Waals surface area contributed by atoms with Crippen molar-refractivity contribution in [3.8, 4) is 5.75 Å². The molecule has 26 heavy (non-hydrogen) atoms. The standard InChI is InChI=1S/C20H25N3O2S/c1-3-19(22-23-20(26)21-13-18-5-4-10-25-18)16-7-6-15-12-17(24-2)9-8-14(15)11-16/h6-9,11-12,18H,3-5,10,13H2,1-2H3,(H2,21,23,26)/b22-19-/t18-/m1/s1. The maximum Gasteiger partial charge on any atom is 0.187 e. The smallest absolute Gasteiger partial charge is 0.187 e. The van der Waals surface area contributed by atoms with Crippen LogP contribution in [0.2, 0.25) is 0 Å². The number of fused-ring (bicyclic) bond motifs is 1. The van der Waals surface area contributed by atoms with Crippen LogP contribution in [0.1, 0.15) is 31.7 Å². The largest absolute Gasteiger partial charge is 0.497 e. The molecule has 0 bridgehead atoms. The van der Waals surface area contributed by atoms with Gasteiger partial charge in [-0.15, -0.1) is 0 Å². The molecule has 5 nitrogen and oxygen atoms in total. The van der Waals surface area contributed by atoms with Crippen molar-refractivity contribution in [3.05, 3.63) is 42.0 Å². The summed E-state index contributed by atoms with van der Waals surface area (Å²) in [7, 11) is 1.68. The van der Waals surface area contributed by atoms with Gasteiger partial charge in [-0.1, -0.05) is 25.1 Å². The number of ether oxygens (including phenoxy) is 2. The number of nitrogens with zero attached hydrogens (tertiary/aromatic N) is 1. The summed E-state index contributed by atoms with van der Waals surface area (Å²) in [6.45, 7) is 3.65. The topological polar surface area (TPSA) is 54.9 Å². The molecule has 0 spiro atoms. The maximum atomic E-state index is 5.58. The third-order valence-corrected chi connectivity index (χ3v) is 4.76. The fourth-order valence-electron chi connectivity index (χ4n) is 3.05. The van der Waals surface area contributed by atoms with Crippen LogP contribution in [0.5, 0.6) is 5.75 Å². The lowest BCUT2D eigenvalue weighted by Gasteiger charge is -2.13. The second-order valence-electron chi connectivity index (χ2n) is 6.30. The highest BCUT2D eigenvalue weighted by atomic mass is 32.1. The van der Waals surface area contributed by atoms with Gasteiger partial charge in [0.15, 0.2) is 5.11 Å². The fraction of sp³-hybridized carbons (Fsp3) is 0.400. The van der Waals surface area contributed by atoms with Crippen LogP contribution in [0.25, 0.3) is 10.8 Å². The van der Waals surface area contributed by atoms with Crippen LogP contribution in [0.4, 0.5) is 0 Å². The molecule has 1 aliphatic rings. The van der Waals surface area contributed by atoms with Gasteiger partial charge in [0.1, 0.15) is 5.75 Å². The van der Waals surface area contributed by atoms with Crippen LogP contribution in [-0.4, -0.2) is 37.2 Å². The molecule has 6 heteroatoms. The van der Waals surface area contributed by atoms with E-state index in [9.17, 15) is 0 Å². The van der Waals surface area contributed by atoms with Crippen molar-refractivity contribution in [2.75, 3.05) is 20.3 Å². The number of rotatable bonds is 6. The van der Waals surface area contributed by atoms with Gasteiger partial charge in [-0.2, -0.15) is 5.10 Å². The summed E-state index contributed by atoms with van der Waals surface area (Å²) >= 11 is 5.31. The molecule has 0 unspecified atom stereocenters. The van der Waals surface area contributed by atoms with E-state index >= 15 is 0 Å². The van der Waals surface area contributed by atoms with E-state index in [2.05, 4.69) is 47.0 Å². The molecule has 0 aliphatic carbocycles. The SMILES string of the molecule is CC/C(=N/NC(=S)NC[C@H]1CCCO1)c1ccc2cc(OC)ccc2c1. The molecule has 1 heterocycles. The zero-order valence-corrected chi connectivity index (χ0v) is 16.1. The van der Waals surface area contributed by atoms with E-state index in [-0.39, 0.29) is 6.10 Å². The van der Waals surface area contributed by atoms with Gasteiger partial charge in [0.25, 0.3) is 0 Å². The van der Waals surface area contributed by atoms with Crippen molar-refractivity contribution in [2.24, 2.45) is 5.10 Å². The van der Waals surface area contributed by atoms with Crippen LogP contribution in [0.15, 0.2) is 41.5 Å². The molecular formula is C20H25N3O2S. The predicted molar refractivity (Wildman–Crippen MR) is 110 cm³/mol. The highest BCUT2D eigenvalue weighted by molar-refractivity contribution is 7.80. The Kier molecular flexibility index (Phi) is 6.41. The summed E-state index contributed by atoms with van der Waals surface area (Å²) in [6.07, 6.45) is 3.27. The quantitative estimate of drug-likeness (QED) is 0.462. The molecule has 0 saturated carbocycles. The molecule has 138 valence electrons. The van der Waals surface area contributed by atoms with Crippen LogP contribution in [0, 0.1) is 0 Å². The first-order valence-electron chi connectivity index (χ1n) is 8.99. The molecule has 2 aromatic rings. The summed E-state index contributed by atoms with van der Waals surface area (Å²) < 4.78 is 10.9. The van der Waals surface area contributed by atoms with Gasteiger partial charge < -0.3 is 14.8 Å². The highest BCUT2D eigenvalue weighted by Crippen LogP contribution is 2.22. The summed E-state index contributed by atoms with van der Waals surface area (Å²) in [4.78, 5) is 0. The first-order valence-corrected chi connectivity index (χ1v) is 9.40. The van der Waals surface area contributed by atoms with Crippen molar-refractivity contribution < 1.29 is 9.47 Å². The predicted octanol–water partition coefficient (Wildman–Crippen LogP) is 3.61. The van der Waals surface area contributed by atoms with Gasteiger partial charge in [-0.05, 0) is 66.0 Å². The molecule has 1 fully saturated rings. The Morgan fingerprint density at radius 1 is 1.27 bits per heavy atom. The summed E-state index contributed by atoms with van der Waals surface area (Å²) in [5.74, 6) is 0.860. The number of benzene rings is 2. The van der Waals surface area contributed by atoms with Gasteiger partial charge in [0.2, 0.25) is 0 Å². The van der Waals surface area contributed by atoms with E-state index < -0.39 is 0 Å². The Labute approximate surface area is 159 Å². The normalized spacial score (nSPS) is 17.3. The zero-order valence-electron chi connectivity index (χ0n) is 15.2.